The van der Waals surface area contributed by atoms with Crippen molar-refractivity contribution < 1.29 is 28.3 Å². The Bertz CT molecular complexity index is 1020. The van der Waals surface area contributed by atoms with Crippen LogP contribution >= 0.6 is 19.4 Å². The maximum Gasteiger partial charge on any atom is 0.293 e. The second kappa shape index (κ2) is 12.9. The second-order valence-corrected chi connectivity index (χ2v) is 12.1. The lowest BCUT2D eigenvalue weighted by Crippen LogP contribution is -2.17. The largest absolute Gasteiger partial charge is 0.497 e. The van der Waals surface area contributed by atoms with Gasteiger partial charge in [-0.05, 0) is 55.9 Å². The summed E-state index contributed by atoms with van der Waals surface area (Å²) in [7, 11) is 4.81. The molecule has 0 aliphatic heterocycles. The predicted octanol–water partition coefficient (Wildman–Crippen LogP) is 8.06. The fourth-order valence-electron chi connectivity index (χ4n) is 3.47. The standard InChI is InChI=1S/C23H32ClO4P.C5H10O2/c1-22(2,3)18-12-14(25-7)10-16(20(18)27-9)17-11-15(26-8)13-19(23(4,5)6)21(17)28-29-24;1-5(2,3)7-4-6/h10-13,29H,1-9H3;4H,1-3H3. The molecule has 0 amide bonds. The van der Waals surface area contributed by atoms with Crippen LogP contribution in [0.3, 0.4) is 0 Å². The molecule has 1 atom stereocenters. The summed E-state index contributed by atoms with van der Waals surface area (Å²) < 4.78 is 27.7. The first-order valence-electron chi connectivity index (χ1n) is 11.7. The Labute approximate surface area is 223 Å². The van der Waals surface area contributed by atoms with Gasteiger partial charge >= 0.3 is 0 Å². The average molecular weight is 541 g/mol. The van der Waals surface area contributed by atoms with E-state index in [4.69, 9.17) is 30.0 Å². The monoisotopic (exact) mass is 540 g/mol. The van der Waals surface area contributed by atoms with Gasteiger partial charge in [0.05, 0.1) is 21.3 Å². The summed E-state index contributed by atoms with van der Waals surface area (Å²) in [6.45, 7) is 18.8. The van der Waals surface area contributed by atoms with Crippen LogP contribution in [0.4, 0.5) is 0 Å². The van der Waals surface area contributed by atoms with E-state index in [9.17, 15) is 4.79 Å². The third-order valence-corrected chi connectivity index (χ3v) is 5.76. The summed E-state index contributed by atoms with van der Waals surface area (Å²) in [4.78, 5) is 9.60. The van der Waals surface area contributed by atoms with Gasteiger partial charge in [0.1, 0.15) is 28.6 Å². The molecule has 0 N–H and O–H groups in total. The van der Waals surface area contributed by atoms with Crippen molar-refractivity contribution in [3.05, 3.63) is 35.4 Å². The number of benzene rings is 2. The fraction of sp³-hybridized carbons (Fsp3) is 0.536. The van der Waals surface area contributed by atoms with E-state index in [2.05, 4.69) is 46.3 Å². The molecule has 2 aromatic rings. The summed E-state index contributed by atoms with van der Waals surface area (Å²) in [5.41, 5.74) is 3.18. The van der Waals surface area contributed by atoms with Gasteiger partial charge in [-0.3, -0.25) is 4.79 Å². The minimum Gasteiger partial charge on any atom is -0.497 e. The fourth-order valence-corrected chi connectivity index (χ4v) is 4.00. The third kappa shape index (κ3) is 8.74. The highest BCUT2D eigenvalue weighted by molar-refractivity contribution is 7.64. The molecule has 0 radical (unpaired) electrons. The van der Waals surface area contributed by atoms with Crippen LogP contribution in [0, 0.1) is 0 Å². The quantitative estimate of drug-likeness (QED) is 0.261. The number of halogens is 1. The zero-order valence-electron chi connectivity index (χ0n) is 23.7. The van der Waals surface area contributed by atoms with Crippen LogP contribution in [0.1, 0.15) is 73.4 Å². The zero-order chi connectivity index (χ0) is 27.9. The van der Waals surface area contributed by atoms with Gasteiger partial charge in [0.15, 0.2) is 8.16 Å². The lowest BCUT2D eigenvalue weighted by Gasteiger charge is -2.28. The number of rotatable bonds is 7. The van der Waals surface area contributed by atoms with Crippen molar-refractivity contribution >= 4 is 25.9 Å². The van der Waals surface area contributed by atoms with Crippen LogP contribution in [-0.2, 0) is 20.4 Å². The lowest BCUT2D eigenvalue weighted by atomic mass is 9.81. The normalized spacial score (nSPS) is 12.0. The Morgan fingerprint density at radius 1 is 0.694 bits per heavy atom. The average Bonchev–Trinajstić information content (AvgIpc) is 2.76. The Morgan fingerprint density at radius 3 is 1.39 bits per heavy atom. The van der Waals surface area contributed by atoms with E-state index in [-0.39, 0.29) is 24.6 Å². The third-order valence-electron chi connectivity index (χ3n) is 5.25. The number of hydrogen-bond donors (Lipinski definition) is 0. The van der Waals surface area contributed by atoms with Gasteiger partial charge in [-0.1, -0.05) is 52.8 Å². The lowest BCUT2D eigenvalue weighted by molar-refractivity contribution is -0.138. The molecule has 2 rings (SSSR count). The number of carbonyl (C=O) groups excluding carboxylic acids is 1. The Morgan fingerprint density at radius 2 is 1.11 bits per heavy atom. The van der Waals surface area contributed by atoms with E-state index >= 15 is 0 Å². The first-order valence-corrected chi connectivity index (χ1v) is 13.6. The molecular weight excluding hydrogens is 499 g/mol. The smallest absolute Gasteiger partial charge is 0.293 e. The number of carbonyl (C=O) groups is 1. The van der Waals surface area contributed by atoms with Crippen molar-refractivity contribution in [1.82, 2.24) is 0 Å². The molecular formula is C28H42ClO6P. The molecule has 0 bridgehead atoms. The van der Waals surface area contributed by atoms with Crippen LogP contribution in [-0.4, -0.2) is 33.4 Å². The van der Waals surface area contributed by atoms with E-state index in [0.29, 0.717) is 6.47 Å². The zero-order valence-corrected chi connectivity index (χ0v) is 25.5. The van der Waals surface area contributed by atoms with Crippen molar-refractivity contribution in [2.24, 2.45) is 0 Å². The van der Waals surface area contributed by atoms with Crippen molar-refractivity contribution in [1.29, 1.82) is 0 Å². The van der Waals surface area contributed by atoms with Gasteiger partial charge in [-0.25, -0.2) is 0 Å². The molecule has 0 aliphatic carbocycles. The van der Waals surface area contributed by atoms with Crippen LogP contribution in [0.2, 0.25) is 0 Å². The first kappa shape index (κ1) is 31.9. The number of hydrogen-bond acceptors (Lipinski definition) is 6. The van der Waals surface area contributed by atoms with Crippen LogP contribution in [0.25, 0.3) is 11.1 Å². The molecule has 0 aromatic heterocycles. The highest BCUT2D eigenvalue weighted by atomic mass is 35.7. The predicted molar refractivity (Wildman–Crippen MR) is 151 cm³/mol. The van der Waals surface area contributed by atoms with Crippen LogP contribution in [0.5, 0.6) is 23.0 Å². The summed E-state index contributed by atoms with van der Waals surface area (Å²) in [5, 5.41) is 0. The van der Waals surface area contributed by atoms with Gasteiger partial charge < -0.3 is 23.5 Å². The number of methoxy groups -OCH3 is 3. The second-order valence-electron chi connectivity index (χ2n) is 11.3. The van der Waals surface area contributed by atoms with Gasteiger partial charge in [0, 0.05) is 22.3 Å². The summed E-state index contributed by atoms with van der Waals surface area (Å²) in [6, 6.07) is 7.97. The maximum atomic E-state index is 9.60. The Kier molecular flexibility index (Phi) is 11.4. The minimum absolute atomic E-state index is 0.143. The molecule has 6 nitrogen and oxygen atoms in total. The minimum atomic E-state index is -0.318. The van der Waals surface area contributed by atoms with Crippen molar-refractivity contribution in [2.75, 3.05) is 21.3 Å². The van der Waals surface area contributed by atoms with Crippen molar-refractivity contribution in [3.63, 3.8) is 0 Å². The van der Waals surface area contributed by atoms with Crippen LogP contribution < -0.4 is 18.7 Å². The van der Waals surface area contributed by atoms with Gasteiger partial charge in [-0.15, -0.1) is 0 Å². The van der Waals surface area contributed by atoms with Gasteiger partial charge in [0.25, 0.3) is 6.47 Å². The highest BCUT2D eigenvalue weighted by Crippen LogP contribution is 2.50. The summed E-state index contributed by atoms with van der Waals surface area (Å²) in [6.07, 6.45) is 0. The molecule has 0 spiro atoms. The summed E-state index contributed by atoms with van der Waals surface area (Å²) >= 11 is 6.05. The molecule has 0 saturated heterocycles. The molecule has 2 aromatic carbocycles. The highest BCUT2D eigenvalue weighted by Gasteiger charge is 2.29. The Hall–Kier alpha value is -2.17. The molecule has 0 aliphatic rings. The van der Waals surface area contributed by atoms with E-state index in [1.54, 1.807) is 21.3 Å². The molecule has 202 valence electrons. The molecule has 36 heavy (non-hydrogen) atoms. The molecule has 8 heteroatoms. The van der Waals surface area contributed by atoms with Crippen molar-refractivity contribution in [3.8, 4) is 34.1 Å². The maximum absolute atomic E-state index is 9.60. The van der Waals surface area contributed by atoms with Gasteiger partial charge in [-0.2, -0.15) is 0 Å². The molecule has 1 unspecified atom stereocenters. The summed E-state index contributed by atoms with van der Waals surface area (Å²) in [5.74, 6) is 3.02. The van der Waals surface area contributed by atoms with Crippen molar-refractivity contribution in [2.45, 2.75) is 78.7 Å². The van der Waals surface area contributed by atoms with E-state index in [1.165, 1.54) is 0 Å². The number of ether oxygens (including phenoxy) is 4. The first-order chi connectivity index (χ1) is 16.5. The van der Waals surface area contributed by atoms with Crippen LogP contribution in [0.15, 0.2) is 24.3 Å². The van der Waals surface area contributed by atoms with E-state index < -0.39 is 0 Å². The Balaban J connectivity index is 0.000000809. The molecule has 0 fully saturated rings. The topological polar surface area (TPSA) is 63.2 Å². The van der Waals surface area contributed by atoms with Gasteiger partial charge in [0.2, 0.25) is 0 Å². The SMILES string of the molecule is CC(C)(C)OC=O.COc1cc(-c2cc(OC)cc(C(C)(C)C)c2OPCl)c(OC)c(C(C)(C)C)c1. The van der Waals surface area contributed by atoms with E-state index in [1.807, 2.05) is 45.0 Å². The molecule has 0 saturated carbocycles. The molecule has 0 heterocycles. The van der Waals surface area contributed by atoms with E-state index in [0.717, 1.165) is 45.3 Å².